The Morgan fingerprint density at radius 3 is 1.38 bits per heavy atom. The van der Waals surface area contributed by atoms with Gasteiger partial charge in [-0.25, -0.2) is 0 Å². The topological polar surface area (TPSA) is 117 Å². The first kappa shape index (κ1) is 33.8. The zero-order valence-electron chi connectivity index (χ0n) is 4.08. The molecule has 8 heavy (non-hydrogen) atoms. The quantitative estimate of drug-likeness (QED) is 0.379. The molecule has 0 aromatic heterocycles. The molecule has 0 bridgehead atoms. The molecule has 0 fully saturated rings. The maximum Gasteiger partial charge on any atom is 4.00 e. The second-order valence-electron chi connectivity index (χ2n) is 0.266. The summed E-state index contributed by atoms with van der Waals surface area (Å²) in [4.78, 5) is 8.44. The van der Waals surface area contributed by atoms with Crippen LogP contribution in [0.25, 0.3) is 0 Å². The predicted octanol–water partition coefficient (Wildman–Crippen LogP) is -4.35. The second-order valence-corrected chi connectivity index (χ2v) is 0.266. The molecule has 0 aliphatic carbocycles. The minimum absolute atomic E-state index is 0. The van der Waals surface area contributed by atoms with Crippen LogP contribution in [0.5, 0.6) is 0 Å². The summed E-state index contributed by atoms with van der Waals surface area (Å²) in [6.45, 7) is 0. The van der Waals surface area contributed by atoms with Crippen LogP contribution in [0.1, 0.15) is 0 Å². The first-order valence-electron chi connectivity index (χ1n) is 0.632. The zero-order chi connectivity index (χ0) is 3.58. The Hall–Kier alpha value is 1.54. The van der Waals surface area contributed by atoms with Gasteiger partial charge >= 0.3 is 73.1 Å². The average molecular weight is 180 g/mol. The van der Waals surface area contributed by atoms with Gasteiger partial charge in [-0.2, -0.15) is 0 Å². The maximum atomic E-state index is 8.44. The second kappa shape index (κ2) is 23.6. The molecule has 0 aliphatic rings. The van der Waals surface area contributed by atoms with E-state index in [1.165, 1.54) is 0 Å². The normalized spacial score (nSPS) is 3.00. The molecule has 40 valence electrons. The molecule has 0 aliphatic heterocycles. The van der Waals surface area contributed by atoms with Crippen LogP contribution in [0.3, 0.4) is 0 Å². The van der Waals surface area contributed by atoms with Gasteiger partial charge in [-0.3, -0.25) is 0 Å². The van der Waals surface area contributed by atoms with Gasteiger partial charge in [-0.1, -0.05) is 0 Å². The average Bonchev–Trinajstić information content (AvgIpc) is 0.811. The van der Waals surface area contributed by atoms with Crippen molar-refractivity contribution in [1.82, 2.24) is 0 Å². The predicted molar refractivity (Wildman–Crippen MR) is 9.40 cm³/mol. The van der Waals surface area contributed by atoms with E-state index in [4.69, 9.17) is 15.0 Å². The Labute approximate surface area is 103 Å². The van der Waals surface area contributed by atoms with Gasteiger partial charge in [0.1, 0.15) is 0 Å². The van der Waals surface area contributed by atoms with E-state index in [1.54, 1.807) is 0 Å². The Balaban J connectivity index is -0.00000000750. The van der Waals surface area contributed by atoms with Crippen LogP contribution in [0.2, 0.25) is 0 Å². The minimum Gasteiger partial charge on any atom is -2.00 e. The molecule has 0 radical (unpaired) electrons. The molecule has 0 rings (SSSR count). The summed E-state index contributed by atoms with van der Waals surface area (Å²) in [5.74, 6) is 0. The van der Waals surface area contributed by atoms with Crippen LogP contribution in [0.15, 0.2) is 0 Å². The van der Waals surface area contributed by atoms with E-state index < -0.39 is 6.16 Å². The molecule has 0 saturated carbocycles. The molecule has 7 heteroatoms. The van der Waals surface area contributed by atoms with Crippen LogP contribution in [-0.4, -0.2) is 11.3 Å². The fourth-order valence-corrected chi connectivity index (χ4v) is 0. The summed E-state index contributed by atoms with van der Waals surface area (Å²) in [5.41, 5.74) is 0. The summed E-state index contributed by atoms with van der Waals surface area (Å²) in [7, 11) is 0. The van der Waals surface area contributed by atoms with Crippen molar-refractivity contribution in [2.75, 3.05) is 0 Å². The summed E-state index contributed by atoms with van der Waals surface area (Å²) in [6.07, 6.45) is -2.08. The van der Waals surface area contributed by atoms with Crippen molar-refractivity contribution in [3.8, 4) is 0 Å². The van der Waals surface area contributed by atoms with Crippen LogP contribution < -0.4 is 56.5 Å². The summed E-state index contributed by atoms with van der Waals surface area (Å²) < 4.78 is 0. The minimum atomic E-state index is -2.08. The SMILES string of the molecule is O=C([O-])O.[K+].[O-2].[O-2].[Ti+4]. The summed E-state index contributed by atoms with van der Waals surface area (Å²) in [6, 6.07) is 0. The van der Waals surface area contributed by atoms with E-state index in [-0.39, 0.29) is 84.1 Å². The van der Waals surface area contributed by atoms with Gasteiger partial charge < -0.3 is 26.0 Å². The molecular weight excluding hydrogens is 179 g/mol. The third-order valence-corrected chi connectivity index (χ3v) is 0. The first-order chi connectivity index (χ1) is 1.73. The van der Waals surface area contributed by atoms with Crippen LogP contribution >= 0.6 is 0 Å². The van der Waals surface area contributed by atoms with E-state index in [0.717, 1.165) is 0 Å². The molecule has 0 amide bonds. The molecule has 5 nitrogen and oxygen atoms in total. The third-order valence-electron chi connectivity index (χ3n) is 0. The largest absolute Gasteiger partial charge is 4.00 e. The van der Waals surface area contributed by atoms with E-state index in [9.17, 15) is 0 Å². The van der Waals surface area contributed by atoms with E-state index >= 15 is 0 Å². The van der Waals surface area contributed by atoms with Gasteiger partial charge in [-0.15, -0.1) is 0 Å². The Kier molecular flexibility index (Phi) is 99.4. The Morgan fingerprint density at radius 1 is 1.38 bits per heavy atom. The fourth-order valence-electron chi connectivity index (χ4n) is 0. The van der Waals surface area contributed by atoms with Crippen molar-refractivity contribution >= 4 is 6.16 Å². The number of carbonyl (C=O) groups is 1. The molecule has 0 heterocycles. The molecule has 0 unspecified atom stereocenters. The van der Waals surface area contributed by atoms with E-state index in [0.29, 0.717) is 0 Å². The van der Waals surface area contributed by atoms with Crippen molar-refractivity contribution in [2.45, 2.75) is 0 Å². The standard InChI is InChI=1S/CH2O3.K.2O.Ti/c2-1(3)4;;;;/h(H2,2,3,4);;;;/q;+1;2*-2;+4/p-1. The molecule has 0 spiro atoms. The van der Waals surface area contributed by atoms with Crippen molar-refractivity contribution in [2.24, 2.45) is 0 Å². The number of hydrogen-bond acceptors (Lipinski definition) is 2. The van der Waals surface area contributed by atoms with Gasteiger partial charge in [0.15, 0.2) is 0 Å². The fraction of sp³-hybridized carbons (Fsp3) is 0. The van der Waals surface area contributed by atoms with E-state index in [2.05, 4.69) is 0 Å². The summed E-state index contributed by atoms with van der Waals surface area (Å²) >= 11 is 0. The first-order valence-corrected chi connectivity index (χ1v) is 0.632. The monoisotopic (exact) mass is 180 g/mol. The number of hydrogen-bond donors (Lipinski definition) is 1. The zero-order valence-corrected chi connectivity index (χ0v) is 8.76. The smallest absolute Gasteiger partial charge is 2.00 e. The summed E-state index contributed by atoms with van der Waals surface area (Å²) in [5, 5.41) is 15.3. The van der Waals surface area contributed by atoms with Gasteiger partial charge in [0.25, 0.3) is 0 Å². The number of carboxylic acid groups (broad SMARTS) is 2. The molecule has 0 atom stereocenters. The Morgan fingerprint density at radius 2 is 1.38 bits per heavy atom. The molecular formula is CHKO5Ti. The van der Waals surface area contributed by atoms with Crippen molar-refractivity contribution < 1.29 is 99.1 Å². The van der Waals surface area contributed by atoms with Gasteiger partial charge in [-0.05, 0) is 0 Å². The molecule has 0 aromatic rings. The van der Waals surface area contributed by atoms with Crippen LogP contribution in [0.4, 0.5) is 4.79 Å². The Bertz CT molecular complexity index is 35.4. The van der Waals surface area contributed by atoms with Crippen LogP contribution in [-0.2, 0) is 32.7 Å². The number of rotatable bonds is 0. The van der Waals surface area contributed by atoms with Gasteiger partial charge in [0, 0.05) is 0 Å². The van der Waals surface area contributed by atoms with Crippen molar-refractivity contribution in [3.63, 3.8) is 0 Å². The van der Waals surface area contributed by atoms with Crippen LogP contribution in [0, 0.1) is 0 Å². The van der Waals surface area contributed by atoms with E-state index in [1.807, 2.05) is 0 Å². The molecule has 0 saturated heterocycles. The molecule has 0 aromatic carbocycles. The molecule has 1 N–H and O–H groups in total. The van der Waals surface area contributed by atoms with Gasteiger partial charge in [0.05, 0.1) is 0 Å². The maximum absolute atomic E-state index is 8.44. The third kappa shape index (κ3) is 136. The van der Waals surface area contributed by atoms with Crippen molar-refractivity contribution in [1.29, 1.82) is 0 Å². The van der Waals surface area contributed by atoms with Gasteiger partial charge in [0.2, 0.25) is 6.16 Å². The van der Waals surface area contributed by atoms with Crippen molar-refractivity contribution in [3.05, 3.63) is 0 Å².